The third kappa shape index (κ3) is 5.98. The summed E-state index contributed by atoms with van der Waals surface area (Å²) in [5.74, 6) is -1.80. The van der Waals surface area contributed by atoms with Gasteiger partial charge in [0.15, 0.2) is 5.69 Å². The first-order chi connectivity index (χ1) is 17.1. The van der Waals surface area contributed by atoms with Crippen molar-refractivity contribution in [2.24, 2.45) is 11.7 Å². The Morgan fingerprint density at radius 1 is 1.17 bits per heavy atom. The number of carbonyl (C=O) groups excluding carboxylic acids is 3. The lowest BCUT2D eigenvalue weighted by molar-refractivity contribution is -0.122. The van der Waals surface area contributed by atoms with Crippen LogP contribution in [0.5, 0.6) is 5.75 Å². The monoisotopic (exact) mass is 513 g/mol. The van der Waals surface area contributed by atoms with Crippen molar-refractivity contribution in [3.8, 4) is 5.75 Å². The van der Waals surface area contributed by atoms with Crippen LogP contribution in [0.2, 0.25) is 0 Å². The van der Waals surface area contributed by atoms with E-state index in [4.69, 9.17) is 16.2 Å². The van der Waals surface area contributed by atoms with Crippen molar-refractivity contribution in [3.05, 3.63) is 70.5 Å². The number of aromatic nitrogens is 1. The zero-order chi connectivity index (χ0) is 26.4. The van der Waals surface area contributed by atoms with E-state index >= 15 is 0 Å². The van der Waals surface area contributed by atoms with Gasteiger partial charge in [-0.25, -0.2) is 4.39 Å². The molecular weight excluding hydrogens is 485 g/mol. The van der Waals surface area contributed by atoms with E-state index in [1.165, 1.54) is 25.3 Å². The van der Waals surface area contributed by atoms with Gasteiger partial charge in [-0.3, -0.25) is 19.3 Å². The Labute approximate surface area is 212 Å². The van der Waals surface area contributed by atoms with Crippen molar-refractivity contribution in [1.82, 2.24) is 9.69 Å². The molecule has 36 heavy (non-hydrogen) atoms. The van der Waals surface area contributed by atoms with E-state index in [-0.39, 0.29) is 21.9 Å². The number of nitrogens with one attached hydrogen (secondary N) is 1. The van der Waals surface area contributed by atoms with Crippen LogP contribution in [0.15, 0.2) is 48.5 Å². The van der Waals surface area contributed by atoms with Gasteiger partial charge in [-0.1, -0.05) is 32.0 Å². The Morgan fingerprint density at radius 3 is 2.42 bits per heavy atom. The van der Waals surface area contributed by atoms with Crippen molar-refractivity contribution in [1.29, 1.82) is 0 Å². The second-order valence-corrected chi connectivity index (χ2v) is 9.22. The number of anilines is 2. The Kier molecular flexibility index (Phi) is 8.59. The molecule has 1 atom stereocenters. The molecule has 0 aliphatic carbocycles. The molecule has 0 aliphatic heterocycles. The first-order valence-corrected chi connectivity index (χ1v) is 12.0. The van der Waals surface area contributed by atoms with E-state index in [0.717, 1.165) is 17.4 Å². The van der Waals surface area contributed by atoms with E-state index in [0.29, 0.717) is 35.3 Å². The number of hydrogen-bond acceptors (Lipinski definition) is 7. The van der Waals surface area contributed by atoms with Crippen LogP contribution in [0.1, 0.15) is 52.0 Å². The van der Waals surface area contributed by atoms with E-state index < -0.39 is 29.6 Å². The van der Waals surface area contributed by atoms with Gasteiger partial charge in [0.2, 0.25) is 5.91 Å². The lowest BCUT2D eigenvalue weighted by atomic mass is 10.0. The number of hydrogen-bond donors (Lipinski definition) is 3. The third-order valence-corrected chi connectivity index (χ3v) is 6.27. The molecule has 2 aromatic carbocycles. The minimum atomic E-state index is -1.20. The minimum Gasteiger partial charge on any atom is -0.497 e. The number of benzene rings is 2. The number of methoxy groups -OCH3 is 1. The van der Waals surface area contributed by atoms with Gasteiger partial charge in [-0.05, 0) is 59.8 Å². The predicted octanol–water partition coefficient (Wildman–Crippen LogP) is 3.52. The number of primary amides is 1. The maximum atomic E-state index is 14.3. The van der Waals surface area contributed by atoms with E-state index in [1.54, 1.807) is 24.3 Å². The molecule has 1 aromatic heterocycles. The molecule has 3 aromatic rings. The van der Waals surface area contributed by atoms with Gasteiger partial charge >= 0.3 is 0 Å². The molecule has 0 saturated carbocycles. The van der Waals surface area contributed by atoms with Crippen LogP contribution in [0.3, 0.4) is 0 Å². The lowest BCUT2D eigenvalue weighted by Crippen LogP contribution is -2.44. The van der Waals surface area contributed by atoms with Gasteiger partial charge in [-0.15, -0.1) is 0 Å². The highest BCUT2D eigenvalue weighted by Gasteiger charge is 2.36. The molecule has 0 unspecified atom stereocenters. The van der Waals surface area contributed by atoms with E-state index in [1.807, 2.05) is 13.8 Å². The van der Waals surface area contributed by atoms with E-state index in [9.17, 15) is 18.8 Å². The fraction of sp³-hybridized carbons (Fsp3) is 0.280. The SMILES string of the molecule is COc1ccc([C@H](C(=O)NCCC(C)C)N(C(=O)c2snc(C(N)=O)c2N)c2cccc(F)c2)cc1. The third-order valence-electron chi connectivity index (χ3n) is 5.42. The van der Waals surface area contributed by atoms with Crippen LogP contribution < -0.4 is 26.4 Å². The van der Waals surface area contributed by atoms with Gasteiger partial charge in [0.1, 0.15) is 22.5 Å². The molecule has 11 heteroatoms. The van der Waals surface area contributed by atoms with Crippen molar-refractivity contribution in [3.63, 3.8) is 0 Å². The Bertz CT molecular complexity index is 1250. The summed E-state index contributed by atoms with van der Waals surface area (Å²) < 4.78 is 23.4. The van der Waals surface area contributed by atoms with Gasteiger partial charge in [0.05, 0.1) is 12.8 Å². The molecule has 0 saturated heterocycles. The summed E-state index contributed by atoms with van der Waals surface area (Å²) in [4.78, 5) is 40.2. The molecule has 1 heterocycles. The number of halogens is 1. The first-order valence-electron chi connectivity index (χ1n) is 11.2. The average molecular weight is 514 g/mol. The number of rotatable bonds is 10. The van der Waals surface area contributed by atoms with Crippen LogP contribution in [-0.2, 0) is 4.79 Å². The molecule has 9 nitrogen and oxygen atoms in total. The van der Waals surface area contributed by atoms with Crippen LogP contribution >= 0.6 is 11.5 Å². The maximum absolute atomic E-state index is 14.3. The van der Waals surface area contributed by atoms with Crippen molar-refractivity contribution in [2.75, 3.05) is 24.3 Å². The molecule has 0 radical (unpaired) electrons. The first kappa shape index (κ1) is 26.6. The summed E-state index contributed by atoms with van der Waals surface area (Å²) in [5, 5.41) is 2.88. The summed E-state index contributed by atoms with van der Waals surface area (Å²) in [6, 6.07) is 10.7. The summed E-state index contributed by atoms with van der Waals surface area (Å²) in [6.07, 6.45) is 0.721. The highest BCUT2D eigenvalue weighted by molar-refractivity contribution is 7.09. The number of nitrogens with two attached hydrogens (primary N) is 2. The average Bonchev–Trinajstić information content (AvgIpc) is 3.23. The maximum Gasteiger partial charge on any atom is 0.273 e. The fourth-order valence-corrected chi connectivity index (χ4v) is 4.28. The molecule has 3 rings (SSSR count). The molecular formula is C25H28FN5O4S. The number of carbonyl (C=O) groups is 3. The number of amides is 3. The van der Waals surface area contributed by atoms with Gasteiger partial charge in [-0.2, -0.15) is 4.37 Å². The molecule has 0 bridgehead atoms. The quantitative estimate of drug-likeness (QED) is 0.379. The van der Waals surface area contributed by atoms with Gasteiger partial charge < -0.3 is 21.5 Å². The summed E-state index contributed by atoms with van der Waals surface area (Å²) in [6.45, 7) is 4.43. The Hall–Kier alpha value is -3.99. The molecule has 0 fully saturated rings. The van der Waals surface area contributed by atoms with Gasteiger partial charge in [0.25, 0.3) is 11.8 Å². The van der Waals surface area contributed by atoms with Gasteiger partial charge in [0, 0.05) is 12.2 Å². The number of ether oxygens (including phenoxy) is 1. The smallest absolute Gasteiger partial charge is 0.273 e. The largest absolute Gasteiger partial charge is 0.497 e. The summed E-state index contributed by atoms with van der Waals surface area (Å²) >= 11 is 0.679. The number of nitrogen functional groups attached to an aromatic ring is 1. The molecule has 5 N–H and O–H groups in total. The van der Waals surface area contributed by atoms with Crippen LogP contribution in [0.25, 0.3) is 0 Å². The van der Waals surface area contributed by atoms with Crippen molar-refractivity contribution < 1.29 is 23.5 Å². The predicted molar refractivity (Wildman–Crippen MR) is 136 cm³/mol. The highest BCUT2D eigenvalue weighted by Crippen LogP contribution is 2.34. The summed E-state index contributed by atoms with van der Waals surface area (Å²) in [5.41, 5.74) is 11.5. The topological polar surface area (TPSA) is 141 Å². The molecule has 3 amide bonds. The van der Waals surface area contributed by atoms with Crippen molar-refractivity contribution >= 4 is 40.6 Å². The standard InChI is InChI=1S/C25H28FN5O4S/c1-14(2)11-12-29-24(33)21(15-7-9-18(35-3)10-8-15)31(17-6-4-5-16(26)13-17)25(34)22-19(27)20(23(28)32)30-36-22/h4-10,13-14,21H,11-12,27H2,1-3H3,(H2,28,32)(H,29,33)/t21-/m1/s1. The zero-order valence-corrected chi connectivity index (χ0v) is 21.0. The second kappa shape index (κ2) is 11.6. The normalized spacial score (nSPS) is 11.7. The minimum absolute atomic E-state index is 0.0958. The van der Waals surface area contributed by atoms with Crippen LogP contribution in [-0.4, -0.2) is 35.7 Å². The second-order valence-electron chi connectivity index (χ2n) is 8.44. The highest BCUT2D eigenvalue weighted by atomic mass is 32.1. The lowest BCUT2D eigenvalue weighted by Gasteiger charge is -2.31. The summed E-state index contributed by atoms with van der Waals surface area (Å²) in [7, 11) is 1.51. The van der Waals surface area contributed by atoms with Crippen LogP contribution in [0.4, 0.5) is 15.8 Å². The van der Waals surface area contributed by atoms with Crippen molar-refractivity contribution in [2.45, 2.75) is 26.3 Å². The van der Waals surface area contributed by atoms with Crippen LogP contribution in [0, 0.1) is 11.7 Å². The Balaban J connectivity index is 2.16. The molecule has 0 spiro atoms. The zero-order valence-electron chi connectivity index (χ0n) is 20.2. The van der Waals surface area contributed by atoms with E-state index in [2.05, 4.69) is 9.69 Å². The molecule has 0 aliphatic rings. The molecule has 190 valence electrons. The number of nitrogens with zero attached hydrogens (tertiary/aromatic N) is 2. The Morgan fingerprint density at radius 2 is 1.86 bits per heavy atom. The fourth-order valence-electron chi connectivity index (χ4n) is 3.53.